The standard InChI is InChI=1S/C10H19N3O3/c1-10(2,3)13-9(16)8(15)12-6-4-5-11-7-14/h7H,4-6H2,1-3H3,(H,11,14)(H,12,15)(H,13,16). The number of nitrogens with one attached hydrogen (secondary N) is 3. The van der Waals surface area contributed by atoms with E-state index >= 15 is 0 Å². The Balaban J connectivity index is 3.72. The first-order valence-electron chi connectivity index (χ1n) is 5.14. The van der Waals surface area contributed by atoms with Gasteiger partial charge in [-0.1, -0.05) is 0 Å². The minimum Gasteiger partial charge on any atom is -0.359 e. The van der Waals surface area contributed by atoms with Crippen LogP contribution in [0.4, 0.5) is 0 Å². The number of hydrogen-bond acceptors (Lipinski definition) is 3. The van der Waals surface area contributed by atoms with Gasteiger partial charge in [-0.3, -0.25) is 14.4 Å². The molecule has 0 aromatic heterocycles. The summed E-state index contributed by atoms with van der Waals surface area (Å²) in [5.74, 6) is -1.29. The molecule has 0 heterocycles. The Morgan fingerprint density at radius 3 is 2.25 bits per heavy atom. The SMILES string of the molecule is CC(C)(C)NC(=O)C(=O)NCCCNC=O. The van der Waals surface area contributed by atoms with Crippen molar-refractivity contribution >= 4 is 18.2 Å². The van der Waals surface area contributed by atoms with Gasteiger partial charge in [0, 0.05) is 18.6 Å². The average Bonchev–Trinajstić information content (AvgIpc) is 2.14. The zero-order valence-corrected chi connectivity index (χ0v) is 9.92. The second kappa shape index (κ2) is 6.81. The largest absolute Gasteiger partial charge is 0.359 e. The topological polar surface area (TPSA) is 87.3 Å². The van der Waals surface area contributed by atoms with Crippen LogP contribution < -0.4 is 16.0 Å². The van der Waals surface area contributed by atoms with Crippen molar-refractivity contribution in [2.75, 3.05) is 13.1 Å². The van der Waals surface area contributed by atoms with Crippen molar-refractivity contribution in [3.63, 3.8) is 0 Å². The molecule has 0 aromatic rings. The van der Waals surface area contributed by atoms with Gasteiger partial charge < -0.3 is 16.0 Å². The highest BCUT2D eigenvalue weighted by Crippen LogP contribution is 1.97. The molecule has 0 aliphatic carbocycles. The average molecular weight is 229 g/mol. The molecule has 6 heteroatoms. The van der Waals surface area contributed by atoms with Crippen LogP contribution in [0.3, 0.4) is 0 Å². The van der Waals surface area contributed by atoms with E-state index in [-0.39, 0.29) is 0 Å². The van der Waals surface area contributed by atoms with Gasteiger partial charge in [-0.25, -0.2) is 0 Å². The van der Waals surface area contributed by atoms with E-state index in [1.54, 1.807) is 20.8 Å². The first-order valence-corrected chi connectivity index (χ1v) is 5.14. The summed E-state index contributed by atoms with van der Waals surface area (Å²) in [4.78, 5) is 32.4. The van der Waals surface area contributed by atoms with Gasteiger partial charge in [-0.15, -0.1) is 0 Å². The molecule has 0 aromatic carbocycles. The Labute approximate surface area is 95.2 Å². The normalized spacial score (nSPS) is 10.4. The number of amides is 3. The Morgan fingerprint density at radius 1 is 1.12 bits per heavy atom. The Hall–Kier alpha value is -1.59. The van der Waals surface area contributed by atoms with Crippen LogP contribution >= 0.6 is 0 Å². The minimum absolute atomic E-state index is 0.358. The van der Waals surface area contributed by atoms with Crippen LogP contribution in [0.1, 0.15) is 27.2 Å². The van der Waals surface area contributed by atoms with Crippen LogP contribution in [0.15, 0.2) is 0 Å². The first-order chi connectivity index (χ1) is 7.37. The Morgan fingerprint density at radius 2 is 1.75 bits per heavy atom. The van der Waals surface area contributed by atoms with E-state index in [1.807, 2.05) is 0 Å². The zero-order valence-electron chi connectivity index (χ0n) is 9.92. The van der Waals surface area contributed by atoms with E-state index in [9.17, 15) is 14.4 Å². The van der Waals surface area contributed by atoms with Crippen molar-refractivity contribution in [2.45, 2.75) is 32.7 Å². The predicted octanol–water partition coefficient (Wildman–Crippen LogP) is -0.847. The highest BCUT2D eigenvalue weighted by atomic mass is 16.2. The Kier molecular flexibility index (Phi) is 6.14. The molecule has 3 N–H and O–H groups in total. The van der Waals surface area contributed by atoms with Gasteiger partial charge >= 0.3 is 11.8 Å². The van der Waals surface area contributed by atoms with Crippen molar-refractivity contribution in [3.8, 4) is 0 Å². The van der Waals surface area contributed by atoms with Crippen molar-refractivity contribution in [1.82, 2.24) is 16.0 Å². The molecule has 3 amide bonds. The monoisotopic (exact) mass is 229 g/mol. The highest BCUT2D eigenvalue weighted by molar-refractivity contribution is 6.35. The predicted molar refractivity (Wildman–Crippen MR) is 59.6 cm³/mol. The molecule has 0 radical (unpaired) electrons. The van der Waals surface area contributed by atoms with E-state index in [0.29, 0.717) is 25.9 Å². The summed E-state index contributed by atoms with van der Waals surface area (Å²) in [5.41, 5.74) is -0.423. The van der Waals surface area contributed by atoms with E-state index in [4.69, 9.17) is 0 Å². The van der Waals surface area contributed by atoms with Gasteiger partial charge in [0.1, 0.15) is 0 Å². The fraction of sp³-hybridized carbons (Fsp3) is 0.700. The number of hydrogen-bond donors (Lipinski definition) is 3. The summed E-state index contributed by atoms with van der Waals surface area (Å²) in [5, 5.41) is 7.46. The molecule has 6 nitrogen and oxygen atoms in total. The van der Waals surface area contributed by atoms with Crippen LogP contribution in [0, 0.1) is 0 Å². The van der Waals surface area contributed by atoms with E-state index < -0.39 is 17.4 Å². The zero-order chi connectivity index (χ0) is 12.6. The summed E-state index contributed by atoms with van der Waals surface area (Å²) in [7, 11) is 0. The van der Waals surface area contributed by atoms with Crippen LogP contribution in [0.5, 0.6) is 0 Å². The van der Waals surface area contributed by atoms with Gasteiger partial charge in [0.15, 0.2) is 0 Å². The quantitative estimate of drug-likeness (QED) is 0.326. The molecule has 0 atom stereocenters. The van der Waals surface area contributed by atoms with Gasteiger partial charge in [0.25, 0.3) is 0 Å². The lowest BCUT2D eigenvalue weighted by atomic mass is 10.1. The van der Waals surface area contributed by atoms with Gasteiger partial charge in [-0.2, -0.15) is 0 Å². The third-order valence-corrected chi connectivity index (χ3v) is 1.56. The second-order valence-corrected chi connectivity index (χ2v) is 4.39. The summed E-state index contributed by atoms with van der Waals surface area (Å²) in [6.45, 7) is 6.23. The Bertz CT molecular complexity index is 259. The first kappa shape index (κ1) is 14.4. The van der Waals surface area contributed by atoms with E-state index in [0.717, 1.165) is 0 Å². The van der Waals surface area contributed by atoms with Crippen molar-refractivity contribution < 1.29 is 14.4 Å². The maximum Gasteiger partial charge on any atom is 0.309 e. The van der Waals surface area contributed by atoms with Gasteiger partial charge in [-0.05, 0) is 27.2 Å². The third kappa shape index (κ3) is 7.78. The molecule has 0 saturated carbocycles. The molecule has 0 unspecified atom stereocenters. The summed E-state index contributed by atoms with van der Waals surface area (Å²) < 4.78 is 0. The molecular weight excluding hydrogens is 210 g/mol. The fourth-order valence-corrected chi connectivity index (χ4v) is 0.929. The lowest BCUT2D eigenvalue weighted by Crippen LogP contribution is -2.48. The van der Waals surface area contributed by atoms with Crippen molar-refractivity contribution in [2.24, 2.45) is 0 Å². The lowest BCUT2D eigenvalue weighted by Gasteiger charge is -2.19. The van der Waals surface area contributed by atoms with Crippen LogP contribution in [0.25, 0.3) is 0 Å². The molecule has 0 bridgehead atoms. The molecule has 92 valence electrons. The smallest absolute Gasteiger partial charge is 0.309 e. The summed E-state index contributed by atoms with van der Waals surface area (Å²) >= 11 is 0. The van der Waals surface area contributed by atoms with E-state index in [2.05, 4.69) is 16.0 Å². The number of carbonyl (C=O) groups is 3. The van der Waals surface area contributed by atoms with E-state index in [1.165, 1.54) is 0 Å². The molecular formula is C10H19N3O3. The second-order valence-electron chi connectivity index (χ2n) is 4.39. The maximum absolute atomic E-state index is 11.3. The summed E-state index contributed by atoms with van der Waals surface area (Å²) in [6.07, 6.45) is 1.18. The van der Waals surface area contributed by atoms with Crippen LogP contribution in [-0.4, -0.2) is 36.9 Å². The molecule has 0 spiro atoms. The molecule has 0 fully saturated rings. The fourth-order valence-electron chi connectivity index (χ4n) is 0.929. The number of rotatable bonds is 5. The third-order valence-electron chi connectivity index (χ3n) is 1.56. The summed E-state index contributed by atoms with van der Waals surface area (Å²) in [6, 6.07) is 0. The molecule has 0 aliphatic rings. The van der Waals surface area contributed by atoms with Crippen LogP contribution in [-0.2, 0) is 14.4 Å². The van der Waals surface area contributed by atoms with Crippen molar-refractivity contribution in [1.29, 1.82) is 0 Å². The van der Waals surface area contributed by atoms with Crippen LogP contribution in [0.2, 0.25) is 0 Å². The molecule has 0 aliphatic heterocycles. The van der Waals surface area contributed by atoms with Gasteiger partial charge in [0.05, 0.1) is 0 Å². The lowest BCUT2D eigenvalue weighted by molar-refractivity contribution is -0.140. The number of carbonyl (C=O) groups excluding carboxylic acids is 3. The molecule has 0 rings (SSSR count). The minimum atomic E-state index is -0.652. The van der Waals surface area contributed by atoms with Crippen molar-refractivity contribution in [3.05, 3.63) is 0 Å². The molecule has 0 saturated heterocycles. The molecule has 16 heavy (non-hydrogen) atoms. The van der Waals surface area contributed by atoms with Gasteiger partial charge in [0.2, 0.25) is 6.41 Å². The maximum atomic E-state index is 11.3. The highest BCUT2D eigenvalue weighted by Gasteiger charge is 2.19.